The lowest BCUT2D eigenvalue weighted by atomic mass is 9.94. The van der Waals surface area contributed by atoms with Crippen LogP contribution in [0.4, 0.5) is 18.3 Å². The second-order valence-electron chi connectivity index (χ2n) is 9.44. The van der Waals surface area contributed by atoms with Gasteiger partial charge in [0.2, 0.25) is 5.91 Å². The van der Waals surface area contributed by atoms with Crippen molar-refractivity contribution in [3.05, 3.63) is 69.4 Å². The van der Waals surface area contributed by atoms with Crippen LogP contribution >= 0.6 is 22.9 Å². The molecule has 2 fully saturated rings. The predicted octanol–water partition coefficient (Wildman–Crippen LogP) is 5.08. The maximum atomic E-state index is 13.7. The van der Waals surface area contributed by atoms with Crippen molar-refractivity contribution in [2.75, 3.05) is 18.4 Å². The molecule has 7 nitrogen and oxygen atoms in total. The molecule has 2 N–H and O–H groups in total. The molecule has 194 valence electrons. The number of carbonyl (C=O) groups excluding carboxylic acids is 1. The molecule has 3 aromatic rings. The summed E-state index contributed by atoms with van der Waals surface area (Å²) in [6, 6.07) is 8.21. The Hall–Kier alpha value is -2.86. The number of halogens is 4. The van der Waals surface area contributed by atoms with E-state index in [1.807, 2.05) is 4.90 Å². The minimum Gasteiger partial charge on any atom is -0.395 e. The van der Waals surface area contributed by atoms with E-state index in [0.29, 0.717) is 48.6 Å². The lowest BCUT2D eigenvalue weighted by molar-refractivity contribution is -0.286. The van der Waals surface area contributed by atoms with Crippen molar-refractivity contribution in [1.82, 2.24) is 9.88 Å². The highest BCUT2D eigenvalue weighted by Gasteiger charge is 2.53. The van der Waals surface area contributed by atoms with Gasteiger partial charge < -0.3 is 19.9 Å². The monoisotopic (exact) mass is 551 g/mol. The van der Waals surface area contributed by atoms with Gasteiger partial charge in [-0.15, -0.1) is 8.78 Å². The number of carbonyl (C=O) groups is 1. The first-order valence-electron chi connectivity index (χ1n) is 11.7. The number of likely N-dealkylation sites (tertiary alicyclic amines) is 1. The summed E-state index contributed by atoms with van der Waals surface area (Å²) in [4.78, 5) is 20.5. The third-order valence-corrected chi connectivity index (χ3v) is 8.26. The Labute approximate surface area is 218 Å². The lowest BCUT2D eigenvalue weighted by Crippen LogP contribution is -2.28. The number of fused-ring (bicyclic) bond motifs is 1. The van der Waals surface area contributed by atoms with Crippen molar-refractivity contribution in [3.63, 3.8) is 0 Å². The number of nitrogens with one attached hydrogen (secondary N) is 1. The topological polar surface area (TPSA) is 83.9 Å². The Morgan fingerprint density at radius 2 is 2.00 bits per heavy atom. The van der Waals surface area contributed by atoms with Crippen LogP contribution in [0.2, 0.25) is 5.02 Å². The first-order valence-corrected chi connectivity index (χ1v) is 12.9. The van der Waals surface area contributed by atoms with Crippen LogP contribution in [0.1, 0.15) is 41.3 Å². The number of rotatable bonds is 6. The zero-order valence-electron chi connectivity index (χ0n) is 19.2. The SMILES string of the molecule is O=C(Nc1ncc([C@@H](c2ccc(F)cc2Cl)N2CC[C@@H](O)C2)s1)C1(c2ccc3c(c2)OC(F)(F)O3)CC1. The number of amides is 1. The summed E-state index contributed by atoms with van der Waals surface area (Å²) in [6.45, 7) is 1.04. The van der Waals surface area contributed by atoms with Gasteiger partial charge in [0.05, 0.1) is 17.6 Å². The third-order valence-electron chi connectivity index (χ3n) is 6.97. The van der Waals surface area contributed by atoms with Gasteiger partial charge in [-0.25, -0.2) is 9.37 Å². The Kier molecular flexibility index (Phi) is 5.86. The standard InChI is InChI=1S/C25H21ClF3N3O4S/c26-17-10-14(27)2-3-16(17)21(32-8-5-15(33)12-32)20-11-30-23(37-20)31-22(34)24(6-7-24)13-1-4-18-19(9-13)36-25(28,29)35-18/h1-4,9-11,15,21,33H,5-8,12H2,(H,30,31,34)/t15-,21-/m1/s1. The summed E-state index contributed by atoms with van der Waals surface area (Å²) in [5, 5.41) is 13.6. The number of hydrogen-bond acceptors (Lipinski definition) is 7. The van der Waals surface area contributed by atoms with Crippen LogP contribution in [0, 0.1) is 5.82 Å². The fraction of sp³-hybridized carbons (Fsp3) is 0.360. The number of ether oxygens (including phenoxy) is 2. The molecule has 0 bridgehead atoms. The van der Waals surface area contributed by atoms with Gasteiger partial charge in [-0.1, -0.05) is 35.1 Å². The van der Waals surface area contributed by atoms with Crippen molar-refractivity contribution in [2.24, 2.45) is 0 Å². The van der Waals surface area contributed by atoms with Gasteiger partial charge in [-0.3, -0.25) is 9.69 Å². The van der Waals surface area contributed by atoms with Gasteiger partial charge in [-0.05, 0) is 54.7 Å². The molecule has 1 aliphatic carbocycles. The molecule has 0 spiro atoms. The molecule has 2 aromatic carbocycles. The lowest BCUT2D eigenvalue weighted by Gasteiger charge is -2.27. The zero-order chi connectivity index (χ0) is 25.9. The smallest absolute Gasteiger partial charge is 0.395 e. The summed E-state index contributed by atoms with van der Waals surface area (Å²) in [6.07, 6.45) is -0.879. The third kappa shape index (κ3) is 4.54. The van der Waals surface area contributed by atoms with E-state index < -0.39 is 23.6 Å². The largest absolute Gasteiger partial charge is 0.586 e. The Bertz CT molecular complexity index is 1380. The number of benzene rings is 2. The average Bonchev–Trinajstić information content (AvgIpc) is 3.16. The summed E-state index contributed by atoms with van der Waals surface area (Å²) in [7, 11) is 0. The molecule has 1 saturated carbocycles. The molecule has 6 rings (SSSR count). The number of hydrogen-bond donors (Lipinski definition) is 2. The number of aliphatic hydroxyl groups excluding tert-OH is 1. The summed E-state index contributed by atoms with van der Waals surface area (Å²) in [5.41, 5.74) is 0.360. The highest BCUT2D eigenvalue weighted by Crippen LogP contribution is 2.52. The van der Waals surface area contributed by atoms with Crippen molar-refractivity contribution >= 4 is 34.0 Å². The van der Waals surface area contributed by atoms with Gasteiger partial charge in [0.15, 0.2) is 16.6 Å². The second kappa shape index (κ2) is 8.87. The van der Waals surface area contributed by atoms with Crippen LogP contribution in [-0.2, 0) is 10.2 Å². The van der Waals surface area contributed by atoms with Gasteiger partial charge in [0.25, 0.3) is 0 Å². The molecule has 1 aromatic heterocycles. The highest BCUT2D eigenvalue weighted by molar-refractivity contribution is 7.15. The van der Waals surface area contributed by atoms with E-state index in [9.17, 15) is 23.1 Å². The van der Waals surface area contributed by atoms with E-state index in [2.05, 4.69) is 19.8 Å². The van der Waals surface area contributed by atoms with Crippen molar-refractivity contribution < 1.29 is 32.5 Å². The van der Waals surface area contributed by atoms with Crippen LogP contribution in [0.5, 0.6) is 11.5 Å². The van der Waals surface area contributed by atoms with E-state index >= 15 is 0 Å². The molecule has 12 heteroatoms. The predicted molar refractivity (Wildman–Crippen MR) is 130 cm³/mol. The molecule has 37 heavy (non-hydrogen) atoms. The van der Waals surface area contributed by atoms with Crippen LogP contribution < -0.4 is 14.8 Å². The summed E-state index contributed by atoms with van der Waals surface area (Å²) < 4.78 is 49.6. The molecule has 0 unspecified atom stereocenters. The summed E-state index contributed by atoms with van der Waals surface area (Å²) in [5.74, 6) is -0.933. The molecule has 2 atom stereocenters. The summed E-state index contributed by atoms with van der Waals surface area (Å²) >= 11 is 7.65. The quantitative estimate of drug-likeness (QED) is 0.444. The van der Waals surface area contributed by atoms with Crippen LogP contribution in [0.3, 0.4) is 0 Å². The van der Waals surface area contributed by atoms with E-state index in [0.717, 1.165) is 4.88 Å². The van der Waals surface area contributed by atoms with Gasteiger partial charge in [-0.2, -0.15) is 0 Å². The first-order chi connectivity index (χ1) is 17.6. The number of alkyl halides is 2. The molecule has 1 saturated heterocycles. The fourth-order valence-electron chi connectivity index (χ4n) is 4.96. The number of anilines is 1. The number of β-amino-alcohol motifs (C(OH)–C–C–N with tert-alkyl or cyclic N) is 1. The normalized spacial score (nSPS) is 22.1. The van der Waals surface area contributed by atoms with Crippen molar-refractivity contribution in [3.8, 4) is 11.5 Å². The second-order valence-corrected chi connectivity index (χ2v) is 10.9. The van der Waals surface area contributed by atoms with Crippen LogP contribution in [0.15, 0.2) is 42.6 Å². The van der Waals surface area contributed by atoms with Crippen molar-refractivity contribution in [1.29, 1.82) is 0 Å². The molecule has 3 heterocycles. The highest BCUT2D eigenvalue weighted by atomic mass is 35.5. The van der Waals surface area contributed by atoms with E-state index in [1.165, 1.54) is 35.6 Å². The molecular formula is C25H21ClF3N3O4S. The fourth-order valence-corrected chi connectivity index (χ4v) is 6.20. The Balaban J connectivity index is 1.24. The van der Waals surface area contributed by atoms with E-state index in [-0.39, 0.29) is 28.5 Å². The van der Waals surface area contributed by atoms with Crippen LogP contribution in [-0.4, -0.2) is 46.4 Å². The van der Waals surface area contributed by atoms with Gasteiger partial charge in [0, 0.05) is 29.2 Å². The van der Waals surface area contributed by atoms with Gasteiger partial charge in [0.1, 0.15) is 5.82 Å². The minimum atomic E-state index is -3.73. The Morgan fingerprint density at radius 1 is 1.22 bits per heavy atom. The average molecular weight is 552 g/mol. The number of nitrogens with zero attached hydrogens (tertiary/aromatic N) is 2. The number of thiazole rings is 1. The van der Waals surface area contributed by atoms with E-state index in [1.54, 1.807) is 18.3 Å². The van der Waals surface area contributed by atoms with Crippen LogP contribution in [0.25, 0.3) is 0 Å². The maximum Gasteiger partial charge on any atom is 0.586 e. The van der Waals surface area contributed by atoms with Crippen molar-refractivity contribution in [2.45, 2.75) is 43.1 Å². The number of aliphatic hydroxyl groups is 1. The van der Waals surface area contributed by atoms with E-state index in [4.69, 9.17) is 11.6 Å². The molecule has 1 amide bonds. The molecule has 2 aliphatic heterocycles. The zero-order valence-corrected chi connectivity index (χ0v) is 20.8. The molecule has 0 radical (unpaired) electrons. The first kappa shape index (κ1) is 24.5. The molecular weight excluding hydrogens is 531 g/mol. The number of aromatic nitrogens is 1. The van der Waals surface area contributed by atoms with Gasteiger partial charge >= 0.3 is 6.29 Å². The Morgan fingerprint density at radius 3 is 2.70 bits per heavy atom. The maximum absolute atomic E-state index is 13.7. The molecule has 3 aliphatic rings. The minimum absolute atomic E-state index is 0.0768.